The Morgan fingerprint density at radius 3 is 2.93 bits per heavy atom. The first kappa shape index (κ1) is 10.9. The summed E-state index contributed by atoms with van der Waals surface area (Å²) in [4.78, 5) is 8.19. The van der Waals surface area contributed by atoms with Crippen molar-refractivity contribution >= 4 is 11.8 Å². The Morgan fingerprint density at radius 2 is 2.33 bits per heavy atom. The first-order valence-corrected chi connectivity index (χ1v) is 6.29. The number of hydrogen-bond acceptors (Lipinski definition) is 4. The Hall–Kier alpha value is -0.610. The largest absolute Gasteiger partial charge is 0.317 e. The van der Waals surface area contributed by atoms with Crippen molar-refractivity contribution in [2.45, 2.75) is 36.1 Å². The van der Waals surface area contributed by atoms with Gasteiger partial charge in [0.2, 0.25) is 0 Å². The number of nitrogens with zero attached hydrogens (tertiary/aromatic N) is 2. The molecule has 1 aliphatic carbocycles. The van der Waals surface area contributed by atoms with E-state index >= 15 is 0 Å². The topological polar surface area (TPSA) is 37.8 Å². The summed E-state index contributed by atoms with van der Waals surface area (Å²) in [7, 11) is 2.05. The van der Waals surface area contributed by atoms with Crippen LogP contribution in [0.4, 0.5) is 0 Å². The van der Waals surface area contributed by atoms with Gasteiger partial charge in [0, 0.05) is 17.5 Å². The molecule has 0 spiro atoms. The molecule has 2 rings (SSSR count). The predicted molar refractivity (Wildman–Crippen MR) is 62.9 cm³/mol. The van der Waals surface area contributed by atoms with Gasteiger partial charge in [-0.1, -0.05) is 6.92 Å². The first-order valence-electron chi connectivity index (χ1n) is 5.41. The second-order valence-electron chi connectivity index (χ2n) is 4.04. The van der Waals surface area contributed by atoms with Gasteiger partial charge in [-0.2, -0.15) is 0 Å². The van der Waals surface area contributed by atoms with E-state index in [2.05, 4.69) is 29.3 Å². The molecule has 0 aliphatic heterocycles. The van der Waals surface area contributed by atoms with Crippen molar-refractivity contribution in [3.05, 3.63) is 18.6 Å². The van der Waals surface area contributed by atoms with E-state index in [9.17, 15) is 0 Å². The summed E-state index contributed by atoms with van der Waals surface area (Å²) in [5.74, 6) is 0.718. The summed E-state index contributed by atoms with van der Waals surface area (Å²) in [6, 6.07) is 2.66. The molecule has 1 heterocycles. The van der Waals surface area contributed by atoms with Crippen molar-refractivity contribution in [2.75, 3.05) is 7.05 Å². The van der Waals surface area contributed by atoms with Gasteiger partial charge in [-0.3, -0.25) is 0 Å². The maximum absolute atomic E-state index is 4.26. The fourth-order valence-electron chi connectivity index (χ4n) is 2.21. The van der Waals surface area contributed by atoms with Gasteiger partial charge in [0.15, 0.2) is 0 Å². The van der Waals surface area contributed by atoms with E-state index < -0.39 is 0 Å². The van der Waals surface area contributed by atoms with Crippen LogP contribution in [0.25, 0.3) is 0 Å². The molecule has 3 atom stereocenters. The minimum atomic E-state index is 0.671. The van der Waals surface area contributed by atoms with Gasteiger partial charge in [-0.25, -0.2) is 9.97 Å². The van der Waals surface area contributed by atoms with Crippen molar-refractivity contribution in [3.8, 4) is 0 Å². The molecule has 15 heavy (non-hydrogen) atoms. The van der Waals surface area contributed by atoms with Gasteiger partial charge in [-0.15, -0.1) is 11.8 Å². The molecular weight excluding hydrogens is 206 g/mol. The van der Waals surface area contributed by atoms with E-state index in [0.29, 0.717) is 11.3 Å². The van der Waals surface area contributed by atoms with Crippen LogP contribution in [0.2, 0.25) is 0 Å². The second kappa shape index (κ2) is 4.94. The SMILES string of the molecule is CNC1CCC(Sc2ccncn2)C1C. The Labute approximate surface area is 95.1 Å². The van der Waals surface area contributed by atoms with Gasteiger partial charge in [0.25, 0.3) is 0 Å². The standard InChI is InChI=1S/C11H17N3S/c1-8-9(12-2)3-4-10(8)15-11-5-6-13-7-14-11/h5-10,12H,3-4H2,1-2H3. The summed E-state index contributed by atoms with van der Waals surface area (Å²) >= 11 is 1.89. The molecule has 3 nitrogen and oxygen atoms in total. The highest BCUT2D eigenvalue weighted by Gasteiger charge is 2.32. The van der Waals surface area contributed by atoms with Crippen molar-refractivity contribution in [1.29, 1.82) is 0 Å². The Bertz CT molecular complexity index is 304. The van der Waals surface area contributed by atoms with Crippen LogP contribution in [0.5, 0.6) is 0 Å². The van der Waals surface area contributed by atoms with E-state index in [1.165, 1.54) is 12.8 Å². The fourth-order valence-corrected chi connectivity index (χ4v) is 3.42. The van der Waals surface area contributed by atoms with Crippen molar-refractivity contribution in [2.24, 2.45) is 5.92 Å². The zero-order valence-corrected chi connectivity index (χ0v) is 10.00. The molecule has 0 aromatic carbocycles. The average Bonchev–Trinajstić information content (AvgIpc) is 2.62. The van der Waals surface area contributed by atoms with Crippen LogP contribution in [-0.2, 0) is 0 Å². The van der Waals surface area contributed by atoms with E-state index in [-0.39, 0.29) is 0 Å². The summed E-state index contributed by atoms with van der Waals surface area (Å²) in [5.41, 5.74) is 0. The minimum absolute atomic E-state index is 0.671. The maximum Gasteiger partial charge on any atom is 0.116 e. The number of nitrogens with one attached hydrogen (secondary N) is 1. The third-order valence-electron chi connectivity index (χ3n) is 3.18. The van der Waals surface area contributed by atoms with Gasteiger partial charge in [0.1, 0.15) is 6.33 Å². The Kier molecular flexibility index (Phi) is 3.59. The second-order valence-corrected chi connectivity index (χ2v) is 5.30. The molecule has 0 amide bonds. The van der Waals surface area contributed by atoms with E-state index in [1.807, 2.05) is 24.0 Å². The highest BCUT2D eigenvalue weighted by atomic mass is 32.2. The normalized spacial score (nSPS) is 30.7. The lowest BCUT2D eigenvalue weighted by atomic mass is 10.1. The Balaban J connectivity index is 1.96. The lowest BCUT2D eigenvalue weighted by Crippen LogP contribution is -2.30. The molecule has 1 saturated carbocycles. The zero-order valence-electron chi connectivity index (χ0n) is 9.18. The van der Waals surface area contributed by atoms with Crippen molar-refractivity contribution in [3.63, 3.8) is 0 Å². The molecule has 82 valence electrons. The molecule has 0 radical (unpaired) electrons. The van der Waals surface area contributed by atoms with Gasteiger partial charge >= 0.3 is 0 Å². The van der Waals surface area contributed by atoms with Crippen LogP contribution in [0.1, 0.15) is 19.8 Å². The number of thioether (sulfide) groups is 1. The average molecular weight is 223 g/mol. The molecule has 4 heteroatoms. The molecule has 1 aromatic rings. The molecule has 1 fully saturated rings. The van der Waals surface area contributed by atoms with Crippen LogP contribution in [0, 0.1) is 5.92 Å². The van der Waals surface area contributed by atoms with E-state index in [4.69, 9.17) is 0 Å². The third-order valence-corrected chi connectivity index (χ3v) is 4.63. The first-order chi connectivity index (χ1) is 7.31. The predicted octanol–water partition coefficient (Wildman–Crippen LogP) is 1.96. The molecular formula is C11H17N3S. The molecule has 3 unspecified atom stereocenters. The Morgan fingerprint density at radius 1 is 1.47 bits per heavy atom. The zero-order chi connectivity index (χ0) is 10.7. The van der Waals surface area contributed by atoms with Crippen LogP contribution in [0.3, 0.4) is 0 Å². The maximum atomic E-state index is 4.26. The van der Waals surface area contributed by atoms with Crippen molar-refractivity contribution < 1.29 is 0 Å². The molecule has 0 saturated heterocycles. The summed E-state index contributed by atoms with van der Waals surface area (Å²) in [6.45, 7) is 2.33. The highest BCUT2D eigenvalue weighted by molar-refractivity contribution is 7.99. The molecule has 0 bridgehead atoms. The van der Waals surface area contributed by atoms with Crippen molar-refractivity contribution in [1.82, 2.24) is 15.3 Å². The van der Waals surface area contributed by atoms with Gasteiger partial charge in [0.05, 0.1) is 5.03 Å². The number of aromatic nitrogens is 2. The van der Waals surface area contributed by atoms with Crippen LogP contribution >= 0.6 is 11.8 Å². The van der Waals surface area contributed by atoms with E-state index in [1.54, 1.807) is 6.33 Å². The third kappa shape index (κ3) is 2.49. The summed E-state index contributed by atoms with van der Waals surface area (Å²) in [6.07, 6.45) is 5.99. The van der Waals surface area contributed by atoms with E-state index in [0.717, 1.165) is 10.9 Å². The fraction of sp³-hybridized carbons (Fsp3) is 0.636. The van der Waals surface area contributed by atoms with Crippen LogP contribution in [-0.4, -0.2) is 28.3 Å². The van der Waals surface area contributed by atoms with Crippen LogP contribution < -0.4 is 5.32 Å². The summed E-state index contributed by atoms with van der Waals surface area (Å²) < 4.78 is 0. The quantitative estimate of drug-likeness (QED) is 0.795. The monoisotopic (exact) mass is 223 g/mol. The molecule has 1 aromatic heterocycles. The number of rotatable bonds is 3. The van der Waals surface area contributed by atoms with Crippen LogP contribution in [0.15, 0.2) is 23.6 Å². The smallest absolute Gasteiger partial charge is 0.116 e. The van der Waals surface area contributed by atoms with Gasteiger partial charge in [-0.05, 0) is 31.9 Å². The molecule has 1 N–H and O–H groups in total. The number of hydrogen-bond donors (Lipinski definition) is 1. The lowest BCUT2D eigenvalue weighted by Gasteiger charge is -2.19. The highest BCUT2D eigenvalue weighted by Crippen LogP contribution is 2.37. The lowest BCUT2D eigenvalue weighted by molar-refractivity contribution is 0.464. The minimum Gasteiger partial charge on any atom is -0.317 e. The molecule has 1 aliphatic rings. The van der Waals surface area contributed by atoms with Gasteiger partial charge < -0.3 is 5.32 Å². The summed E-state index contributed by atoms with van der Waals surface area (Å²) in [5, 5.41) is 5.17.